The number of fused-ring (bicyclic) bond motifs is 7. The zero-order valence-electron chi connectivity index (χ0n) is 21.3. The molecule has 182 valence electrons. The molecule has 2 nitrogen and oxygen atoms in total. The van der Waals surface area contributed by atoms with Gasteiger partial charge in [-0.3, -0.25) is 0 Å². The van der Waals surface area contributed by atoms with Crippen molar-refractivity contribution in [2.45, 2.75) is 19.8 Å². The van der Waals surface area contributed by atoms with E-state index in [1.54, 1.807) is 0 Å². The Morgan fingerprint density at radius 2 is 1.37 bits per heavy atom. The molecule has 2 aliphatic carbocycles. The third-order valence-corrected chi connectivity index (χ3v) is 8.30. The molecule has 1 aromatic heterocycles. The molecular weight excluding hydrogens is 462 g/mol. The molecule has 0 aliphatic heterocycles. The molecule has 2 N–H and O–H groups in total. The highest BCUT2D eigenvalue weighted by Crippen LogP contribution is 2.38. The molecule has 2 heteroatoms. The van der Waals surface area contributed by atoms with Crippen LogP contribution in [0.25, 0.3) is 79.1 Å². The van der Waals surface area contributed by atoms with Crippen LogP contribution in [-0.4, -0.2) is 0 Å². The topological polar surface area (TPSA) is 39.2 Å². The lowest BCUT2D eigenvalue weighted by atomic mass is 9.86. The summed E-state index contributed by atoms with van der Waals surface area (Å²) in [5, 5.41) is 10.1. The minimum Gasteiger partial charge on any atom is -0.456 e. The van der Waals surface area contributed by atoms with Crippen LogP contribution >= 0.6 is 0 Å². The van der Waals surface area contributed by atoms with Crippen LogP contribution < -0.4 is 26.8 Å². The predicted molar refractivity (Wildman–Crippen MR) is 161 cm³/mol. The molecule has 1 unspecified atom stereocenters. The van der Waals surface area contributed by atoms with Gasteiger partial charge in [-0.25, -0.2) is 0 Å². The average molecular weight is 490 g/mol. The first-order chi connectivity index (χ1) is 18.7. The molecule has 0 fully saturated rings. The number of benzene rings is 5. The quantitative estimate of drug-likeness (QED) is 0.293. The van der Waals surface area contributed by atoms with Crippen molar-refractivity contribution in [3.05, 3.63) is 99.9 Å². The van der Waals surface area contributed by atoms with Gasteiger partial charge in [-0.2, -0.15) is 0 Å². The van der Waals surface area contributed by atoms with Gasteiger partial charge in [0.05, 0.1) is 0 Å². The fourth-order valence-electron chi connectivity index (χ4n) is 6.62. The monoisotopic (exact) mass is 489 g/mol. The van der Waals surface area contributed by atoms with Crippen LogP contribution in [0.1, 0.15) is 19.8 Å². The molecule has 0 amide bonds. The Morgan fingerprint density at radius 3 is 2.13 bits per heavy atom. The maximum Gasteiger partial charge on any atom is 0.136 e. The van der Waals surface area contributed by atoms with Gasteiger partial charge >= 0.3 is 0 Å². The maximum atomic E-state index is 6.53. The molecule has 0 saturated carbocycles. The van der Waals surface area contributed by atoms with E-state index in [9.17, 15) is 0 Å². The van der Waals surface area contributed by atoms with E-state index in [0.29, 0.717) is 5.92 Å². The molecule has 0 radical (unpaired) electrons. The van der Waals surface area contributed by atoms with Crippen molar-refractivity contribution in [2.24, 2.45) is 5.92 Å². The summed E-state index contributed by atoms with van der Waals surface area (Å²) < 4.78 is 6.53. The Hall–Kier alpha value is -4.56. The summed E-state index contributed by atoms with van der Waals surface area (Å²) in [7, 11) is 0. The normalized spacial score (nSPS) is 16.0. The molecule has 1 heterocycles. The fraction of sp³-hybridized carbons (Fsp3) is 0.111. The maximum absolute atomic E-state index is 6.53. The smallest absolute Gasteiger partial charge is 0.136 e. The summed E-state index contributed by atoms with van der Waals surface area (Å²) in [5.74, 6) is 0.514. The van der Waals surface area contributed by atoms with Crippen LogP contribution in [0.15, 0.2) is 83.3 Å². The third kappa shape index (κ3) is 3.01. The second-order valence-electron chi connectivity index (χ2n) is 10.7. The Labute approximate surface area is 220 Å². The van der Waals surface area contributed by atoms with Crippen molar-refractivity contribution in [2.75, 3.05) is 5.73 Å². The summed E-state index contributed by atoms with van der Waals surface area (Å²) in [6.07, 6.45) is 11.3. The lowest BCUT2D eigenvalue weighted by Gasteiger charge is -2.16. The lowest BCUT2D eigenvalue weighted by Crippen LogP contribution is -2.27. The van der Waals surface area contributed by atoms with Crippen molar-refractivity contribution >= 4 is 62.5 Å². The Balaban J connectivity index is 1.55. The van der Waals surface area contributed by atoms with Crippen LogP contribution in [0.5, 0.6) is 0 Å². The molecule has 0 saturated heterocycles. The molecule has 0 spiro atoms. The standard InChI is InChI=1S/C36H27NO/c1-21-13-18-32-31(19-21)36-25-8-3-2-7-24(25)30(20-33(36)38-32)35-28-10-5-4-9-26(28)34(27-11-6-12-29(27)35)22-14-16-23(37)17-15-22/h2-5,7-12,14-21H,6,13,37H2,1H3. The van der Waals surface area contributed by atoms with Gasteiger partial charge in [-0.15, -0.1) is 0 Å². The number of nitrogen functional groups attached to an aromatic ring is 1. The summed E-state index contributed by atoms with van der Waals surface area (Å²) >= 11 is 0. The van der Waals surface area contributed by atoms with Gasteiger partial charge in [0.2, 0.25) is 0 Å². The number of anilines is 1. The largest absolute Gasteiger partial charge is 0.456 e. The highest BCUT2D eigenvalue weighted by atomic mass is 16.3. The van der Waals surface area contributed by atoms with E-state index in [2.05, 4.69) is 98.0 Å². The SMILES string of the molecule is CC1C=c2c(oc3cc(-c4c5c(c(-c6ccc(N)cc6)c6ccccc46)=CCC=5)c4ccccc4c23)=CC1. The van der Waals surface area contributed by atoms with E-state index < -0.39 is 0 Å². The van der Waals surface area contributed by atoms with E-state index in [1.807, 2.05) is 12.1 Å². The average Bonchev–Trinajstić information content (AvgIpc) is 3.56. The van der Waals surface area contributed by atoms with E-state index in [1.165, 1.54) is 64.8 Å². The van der Waals surface area contributed by atoms with E-state index in [0.717, 1.165) is 29.5 Å². The van der Waals surface area contributed by atoms with Crippen molar-refractivity contribution in [1.82, 2.24) is 0 Å². The summed E-state index contributed by atoms with van der Waals surface area (Å²) in [6, 6.07) is 28.2. The van der Waals surface area contributed by atoms with Crippen LogP contribution in [0, 0.1) is 5.92 Å². The van der Waals surface area contributed by atoms with Gasteiger partial charge in [0, 0.05) is 16.3 Å². The molecule has 1 atom stereocenters. The van der Waals surface area contributed by atoms with Crippen molar-refractivity contribution in [3.8, 4) is 22.3 Å². The minimum absolute atomic E-state index is 0.514. The first-order valence-corrected chi connectivity index (χ1v) is 13.4. The highest BCUT2D eigenvalue weighted by molar-refractivity contribution is 6.17. The van der Waals surface area contributed by atoms with Gasteiger partial charge in [0.25, 0.3) is 0 Å². The number of hydrogen-bond donors (Lipinski definition) is 1. The van der Waals surface area contributed by atoms with Crippen LogP contribution in [0.3, 0.4) is 0 Å². The predicted octanol–water partition coefficient (Wildman–Crippen LogP) is 6.22. The highest BCUT2D eigenvalue weighted by Gasteiger charge is 2.20. The van der Waals surface area contributed by atoms with Crippen molar-refractivity contribution < 1.29 is 4.42 Å². The molecule has 5 aromatic carbocycles. The Bertz CT molecular complexity index is 2200. The van der Waals surface area contributed by atoms with Crippen LogP contribution in [0.4, 0.5) is 5.69 Å². The van der Waals surface area contributed by atoms with Gasteiger partial charge in [0.15, 0.2) is 0 Å². The Morgan fingerprint density at radius 1 is 0.711 bits per heavy atom. The van der Waals surface area contributed by atoms with Gasteiger partial charge in [-0.1, -0.05) is 85.8 Å². The second-order valence-corrected chi connectivity index (χ2v) is 10.7. The lowest BCUT2D eigenvalue weighted by molar-refractivity contribution is 0.567. The molecule has 38 heavy (non-hydrogen) atoms. The first-order valence-electron chi connectivity index (χ1n) is 13.4. The summed E-state index contributed by atoms with van der Waals surface area (Å²) in [5.41, 5.74) is 13.8. The van der Waals surface area contributed by atoms with Crippen molar-refractivity contribution in [3.63, 3.8) is 0 Å². The zero-order chi connectivity index (χ0) is 25.4. The van der Waals surface area contributed by atoms with E-state index >= 15 is 0 Å². The number of nitrogens with two attached hydrogens (primary N) is 1. The molecule has 6 aromatic rings. The molecule has 8 rings (SSSR count). The first kappa shape index (κ1) is 21.5. The van der Waals surface area contributed by atoms with E-state index in [4.69, 9.17) is 10.2 Å². The van der Waals surface area contributed by atoms with Gasteiger partial charge in [-0.05, 0) is 97.3 Å². The zero-order valence-corrected chi connectivity index (χ0v) is 21.3. The number of rotatable bonds is 2. The number of hydrogen-bond acceptors (Lipinski definition) is 2. The van der Waals surface area contributed by atoms with Crippen molar-refractivity contribution in [1.29, 1.82) is 0 Å². The van der Waals surface area contributed by atoms with Gasteiger partial charge in [0.1, 0.15) is 11.0 Å². The van der Waals surface area contributed by atoms with E-state index in [-0.39, 0.29) is 0 Å². The summed E-state index contributed by atoms with van der Waals surface area (Å²) in [6.45, 7) is 2.28. The minimum atomic E-state index is 0.514. The molecule has 0 bridgehead atoms. The fourth-order valence-corrected chi connectivity index (χ4v) is 6.62. The molecule has 2 aliphatic rings. The third-order valence-electron chi connectivity index (χ3n) is 8.30. The van der Waals surface area contributed by atoms with Crippen LogP contribution in [0.2, 0.25) is 0 Å². The summed E-state index contributed by atoms with van der Waals surface area (Å²) in [4.78, 5) is 0. The Kier molecular flexibility index (Phi) is 4.51. The van der Waals surface area contributed by atoms with Gasteiger partial charge < -0.3 is 10.2 Å². The second kappa shape index (κ2) is 7.97. The van der Waals surface area contributed by atoms with Crippen LogP contribution in [-0.2, 0) is 0 Å². The number of furan rings is 1. The molecular formula is C36H27NO.